The molecule has 0 bridgehead atoms. The number of hydrogen-bond donors (Lipinski definition) is 1. The summed E-state index contributed by atoms with van der Waals surface area (Å²) in [6.45, 7) is 11.0. The number of piperazine rings is 1. The van der Waals surface area contributed by atoms with Crippen molar-refractivity contribution in [2.45, 2.75) is 40.2 Å². The normalized spacial score (nSPS) is 15.4. The number of hydrogen-bond acceptors (Lipinski definition) is 6. The second-order valence-corrected chi connectivity index (χ2v) is 6.83. The Kier molecular flexibility index (Phi) is 4.96. The summed E-state index contributed by atoms with van der Waals surface area (Å²) < 4.78 is 5.37. The van der Waals surface area contributed by atoms with Crippen LogP contribution >= 0.6 is 0 Å². The molecule has 0 atom stereocenters. The van der Waals surface area contributed by atoms with E-state index in [0.717, 1.165) is 0 Å². The molecule has 1 amide bonds. The Bertz CT molecular complexity index is 623. The minimum atomic E-state index is -1.02. The molecule has 1 aromatic rings. The minimum Gasteiger partial charge on any atom is -0.478 e. The van der Waals surface area contributed by atoms with Crippen LogP contribution in [0.2, 0.25) is 0 Å². The topological polar surface area (TPSA) is 95.9 Å². The van der Waals surface area contributed by atoms with Gasteiger partial charge < -0.3 is 19.6 Å². The van der Waals surface area contributed by atoms with Gasteiger partial charge in [0.1, 0.15) is 11.2 Å². The van der Waals surface area contributed by atoms with E-state index in [2.05, 4.69) is 9.97 Å². The van der Waals surface area contributed by atoms with Gasteiger partial charge in [-0.15, -0.1) is 0 Å². The van der Waals surface area contributed by atoms with Crippen LogP contribution < -0.4 is 4.90 Å². The molecule has 8 nitrogen and oxygen atoms in total. The van der Waals surface area contributed by atoms with E-state index in [1.54, 1.807) is 18.7 Å². The third-order valence-corrected chi connectivity index (χ3v) is 3.69. The monoisotopic (exact) mass is 336 g/mol. The number of carboxylic acids is 1. The van der Waals surface area contributed by atoms with E-state index in [1.165, 1.54) is 0 Å². The molecule has 1 aromatic heterocycles. The Morgan fingerprint density at radius 3 is 1.96 bits per heavy atom. The molecule has 0 spiro atoms. The first-order valence-electron chi connectivity index (χ1n) is 7.90. The number of carbonyl (C=O) groups excluding carboxylic acids is 1. The molecule has 8 heteroatoms. The smallest absolute Gasteiger partial charge is 0.410 e. The van der Waals surface area contributed by atoms with E-state index < -0.39 is 11.6 Å². The maximum atomic E-state index is 12.1. The van der Waals surface area contributed by atoms with Gasteiger partial charge in [-0.2, -0.15) is 0 Å². The lowest BCUT2D eigenvalue weighted by atomic mass is 10.2. The lowest BCUT2D eigenvalue weighted by Crippen LogP contribution is -2.50. The first kappa shape index (κ1) is 18.0. The number of anilines is 1. The molecule has 0 aliphatic carbocycles. The van der Waals surface area contributed by atoms with Gasteiger partial charge in [0, 0.05) is 26.2 Å². The summed E-state index contributed by atoms with van der Waals surface area (Å²) in [5.41, 5.74) is 0.517. The van der Waals surface area contributed by atoms with Crippen LogP contribution in [0.1, 0.15) is 42.5 Å². The van der Waals surface area contributed by atoms with Crippen LogP contribution in [0.15, 0.2) is 0 Å². The molecule has 1 fully saturated rings. The average Bonchev–Trinajstić information content (AvgIpc) is 2.44. The molecule has 2 heterocycles. The predicted octanol–water partition coefficient (Wildman–Crippen LogP) is 1.85. The van der Waals surface area contributed by atoms with Gasteiger partial charge in [0.15, 0.2) is 0 Å². The number of aryl methyl sites for hydroxylation is 2. The van der Waals surface area contributed by atoms with Crippen molar-refractivity contribution in [1.29, 1.82) is 0 Å². The summed E-state index contributed by atoms with van der Waals surface area (Å²) in [5.74, 6) is -0.523. The molecule has 0 aromatic carbocycles. The lowest BCUT2D eigenvalue weighted by molar-refractivity contribution is 0.0239. The van der Waals surface area contributed by atoms with E-state index in [0.29, 0.717) is 43.5 Å². The first-order valence-corrected chi connectivity index (χ1v) is 7.90. The molecule has 0 saturated carbocycles. The molecule has 24 heavy (non-hydrogen) atoms. The largest absolute Gasteiger partial charge is 0.478 e. The lowest BCUT2D eigenvalue weighted by Gasteiger charge is -2.35. The minimum absolute atomic E-state index is 0.145. The highest BCUT2D eigenvalue weighted by Gasteiger charge is 2.27. The quantitative estimate of drug-likeness (QED) is 0.880. The Balaban J connectivity index is 2.05. The van der Waals surface area contributed by atoms with Crippen molar-refractivity contribution >= 4 is 18.0 Å². The second kappa shape index (κ2) is 6.62. The molecule has 0 unspecified atom stereocenters. The number of aromatic nitrogens is 2. The van der Waals surface area contributed by atoms with Gasteiger partial charge in [-0.1, -0.05) is 0 Å². The molecule has 132 valence electrons. The van der Waals surface area contributed by atoms with E-state index >= 15 is 0 Å². The summed E-state index contributed by atoms with van der Waals surface area (Å²) in [5, 5.41) is 9.18. The summed E-state index contributed by atoms with van der Waals surface area (Å²) in [7, 11) is 0. The summed E-state index contributed by atoms with van der Waals surface area (Å²) in [6, 6.07) is 0. The van der Waals surface area contributed by atoms with Crippen LogP contribution in [0, 0.1) is 13.8 Å². The number of carboxylic acid groups (broad SMARTS) is 1. The number of carbonyl (C=O) groups is 2. The maximum absolute atomic E-state index is 12.1. The first-order chi connectivity index (χ1) is 11.1. The number of aromatic carboxylic acids is 1. The third kappa shape index (κ3) is 4.12. The highest BCUT2D eigenvalue weighted by Crippen LogP contribution is 2.18. The zero-order valence-electron chi connectivity index (χ0n) is 14.8. The number of rotatable bonds is 2. The molecular weight excluding hydrogens is 312 g/mol. The summed E-state index contributed by atoms with van der Waals surface area (Å²) in [4.78, 5) is 35.5. The summed E-state index contributed by atoms with van der Waals surface area (Å²) >= 11 is 0. The van der Waals surface area contributed by atoms with Crippen LogP contribution in [0.5, 0.6) is 0 Å². The fourth-order valence-corrected chi connectivity index (χ4v) is 2.57. The predicted molar refractivity (Wildman–Crippen MR) is 88.5 cm³/mol. The van der Waals surface area contributed by atoms with Crippen LogP contribution in [-0.4, -0.2) is 63.8 Å². The van der Waals surface area contributed by atoms with Gasteiger partial charge in [-0.3, -0.25) is 0 Å². The van der Waals surface area contributed by atoms with Gasteiger partial charge >= 0.3 is 12.1 Å². The second-order valence-electron chi connectivity index (χ2n) is 6.83. The zero-order chi connectivity index (χ0) is 18.1. The Morgan fingerprint density at radius 1 is 1.04 bits per heavy atom. The molecule has 0 radical (unpaired) electrons. The van der Waals surface area contributed by atoms with Crippen molar-refractivity contribution in [1.82, 2.24) is 14.9 Å². The molecule has 2 rings (SSSR count). The number of ether oxygens (including phenoxy) is 1. The van der Waals surface area contributed by atoms with Crippen LogP contribution in [0.4, 0.5) is 10.7 Å². The van der Waals surface area contributed by atoms with Gasteiger partial charge in [-0.25, -0.2) is 19.6 Å². The van der Waals surface area contributed by atoms with Crippen molar-refractivity contribution in [3.8, 4) is 0 Å². The molecular formula is C16H24N4O4. The van der Waals surface area contributed by atoms with Crippen molar-refractivity contribution in [2.75, 3.05) is 31.1 Å². The third-order valence-electron chi connectivity index (χ3n) is 3.69. The SMILES string of the molecule is Cc1nc(N2CCN(C(=O)OC(C)(C)C)CC2)nc(C)c1C(=O)O. The Morgan fingerprint density at radius 2 is 1.54 bits per heavy atom. The Labute approximate surface area is 141 Å². The summed E-state index contributed by atoms with van der Waals surface area (Å²) in [6.07, 6.45) is -0.323. The van der Waals surface area contributed by atoms with Crippen LogP contribution in [0.3, 0.4) is 0 Å². The van der Waals surface area contributed by atoms with Crippen molar-refractivity contribution in [3.63, 3.8) is 0 Å². The molecule has 1 aliphatic rings. The van der Waals surface area contributed by atoms with Crippen molar-refractivity contribution in [2.24, 2.45) is 0 Å². The highest BCUT2D eigenvalue weighted by atomic mass is 16.6. The fourth-order valence-electron chi connectivity index (χ4n) is 2.57. The Hall–Kier alpha value is -2.38. The standard InChI is InChI=1S/C16H24N4O4/c1-10-12(13(21)22)11(2)18-14(17-10)19-6-8-20(9-7-19)15(23)24-16(3,4)5/h6-9H2,1-5H3,(H,21,22). The van der Waals surface area contributed by atoms with Crippen LogP contribution in [-0.2, 0) is 4.74 Å². The molecule has 1 aliphatic heterocycles. The number of nitrogens with zero attached hydrogens (tertiary/aromatic N) is 4. The van der Waals surface area contributed by atoms with Gasteiger partial charge in [0.25, 0.3) is 0 Å². The average molecular weight is 336 g/mol. The zero-order valence-corrected chi connectivity index (χ0v) is 14.8. The maximum Gasteiger partial charge on any atom is 0.410 e. The van der Waals surface area contributed by atoms with E-state index in [1.807, 2.05) is 25.7 Å². The highest BCUT2D eigenvalue weighted by molar-refractivity contribution is 5.90. The van der Waals surface area contributed by atoms with E-state index in [-0.39, 0.29) is 11.7 Å². The van der Waals surface area contributed by atoms with Gasteiger partial charge in [0.2, 0.25) is 5.95 Å². The van der Waals surface area contributed by atoms with E-state index in [9.17, 15) is 14.7 Å². The van der Waals surface area contributed by atoms with Crippen LogP contribution in [0.25, 0.3) is 0 Å². The van der Waals surface area contributed by atoms with Gasteiger partial charge in [0.05, 0.1) is 11.4 Å². The molecule has 1 saturated heterocycles. The van der Waals surface area contributed by atoms with Gasteiger partial charge in [-0.05, 0) is 34.6 Å². The van der Waals surface area contributed by atoms with Crippen molar-refractivity contribution in [3.05, 3.63) is 17.0 Å². The van der Waals surface area contributed by atoms with E-state index in [4.69, 9.17) is 4.74 Å². The fraction of sp³-hybridized carbons (Fsp3) is 0.625. The van der Waals surface area contributed by atoms with Crippen molar-refractivity contribution < 1.29 is 19.4 Å². The number of amides is 1. The molecule has 1 N–H and O–H groups in total.